The van der Waals surface area contributed by atoms with Crippen LogP contribution in [0, 0.1) is 5.92 Å². The Balaban J connectivity index is 1.57. The van der Waals surface area contributed by atoms with Crippen molar-refractivity contribution in [3.8, 4) is 0 Å². The minimum atomic E-state index is -4.29. The largest absolute Gasteiger partial charge is 0.416 e. The highest BCUT2D eigenvalue weighted by atomic mass is 19.4. The third kappa shape index (κ3) is 6.21. The lowest BCUT2D eigenvalue weighted by Crippen LogP contribution is -2.30. The fourth-order valence-corrected chi connectivity index (χ4v) is 4.00. The Bertz CT molecular complexity index is 853. The lowest BCUT2D eigenvalue weighted by Gasteiger charge is -2.27. The second-order valence-corrected chi connectivity index (χ2v) is 8.43. The van der Waals surface area contributed by atoms with Crippen molar-refractivity contribution in [2.75, 3.05) is 19.6 Å². The van der Waals surface area contributed by atoms with Crippen molar-refractivity contribution >= 4 is 5.57 Å². The van der Waals surface area contributed by atoms with Crippen LogP contribution in [-0.4, -0.2) is 24.5 Å². The molecular formula is C26H32F3N. The van der Waals surface area contributed by atoms with Gasteiger partial charge in [0.2, 0.25) is 0 Å². The Morgan fingerprint density at radius 2 is 1.73 bits per heavy atom. The molecule has 1 heterocycles. The molecule has 4 heteroatoms. The summed E-state index contributed by atoms with van der Waals surface area (Å²) in [4.78, 5) is 2.39. The second-order valence-electron chi connectivity index (χ2n) is 8.43. The summed E-state index contributed by atoms with van der Waals surface area (Å²) in [5.74, 6) is 0.750. The quantitative estimate of drug-likeness (QED) is 0.448. The molecule has 2 aromatic rings. The molecule has 2 aromatic carbocycles. The van der Waals surface area contributed by atoms with Crippen LogP contribution in [0.2, 0.25) is 0 Å². The molecule has 30 heavy (non-hydrogen) atoms. The highest BCUT2D eigenvalue weighted by Crippen LogP contribution is 2.32. The van der Waals surface area contributed by atoms with Gasteiger partial charge in [0.15, 0.2) is 0 Å². The fourth-order valence-electron chi connectivity index (χ4n) is 4.00. The van der Waals surface area contributed by atoms with Crippen LogP contribution in [0.1, 0.15) is 55.4 Å². The Morgan fingerprint density at radius 3 is 2.37 bits per heavy atom. The summed E-state index contributed by atoms with van der Waals surface area (Å²) < 4.78 is 38.9. The summed E-state index contributed by atoms with van der Waals surface area (Å²) in [5, 5.41) is 0. The van der Waals surface area contributed by atoms with Gasteiger partial charge in [-0.05, 0) is 66.0 Å². The van der Waals surface area contributed by atoms with E-state index in [4.69, 9.17) is 0 Å². The number of benzene rings is 2. The predicted octanol–water partition coefficient (Wildman–Crippen LogP) is 7.02. The van der Waals surface area contributed by atoms with Gasteiger partial charge in [-0.3, -0.25) is 4.90 Å². The van der Waals surface area contributed by atoms with Crippen LogP contribution in [0.25, 0.3) is 5.57 Å². The summed E-state index contributed by atoms with van der Waals surface area (Å²) in [6.45, 7) is 7.21. The van der Waals surface area contributed by atoms with Crippen LogP contribution in [0.5, 0.6) is 0 Å². The predicted molar refractivity (Wildman–Crippen MR) is 118 cm³/mol. The molecule has 1 aliphatic heterocycles. The average Bonchev–Trinajstić information content (AvgIpc) is 2.76. The van der Waals surface area contributed by atoms with Crippen molar-refractivity contribution < 1.29 is 13.2 Å². The van der Waals surface area contributed by atoms with Crippen molar-refractivity contribution in [3.05, 3.63) is 76.9 Å². The number of halogens is 3. The average molecular weight is 416 g/mol. The van der Waals surface area contributed by atoms with Gasteiger partial charge in [-0.2, -0.15) is 13.2 Å². The van der Waals surface area contributed by atoms with Gasteiger partial charge >= 0.3 is 6.18 Å². The lowest BCUT2D eigenvalue weighted by atomic mass is 9.94. The molecule has 1 atom stereocenters. The molecule has 0 spiro atoms. The molecule has 162 valence electrons. The van der Waals surface area contributed by atoms with Crippen molar-refractivity contribution in [1.82, 2.24) is 4.90 Å². The fraction of sp³-hybridized carbons (Fsp3) is 0.462. The molecule has 0 radical (unpaired) electrons. The third-order valence-electron chi connectivity index (χ3n) is 6.27. The van der Waals surface area contributed by atoms with Crippen molar-refractivity contribution in [1.29, 1.82) is 0 Å². The minimum Gasteiger partial charge on any atom is -0.299 e. The van der Waals surface area contributed by atoms with Crippen molar-refractivity contribution in [3.63, 3.8) is 0 Å². The van der Waals surface area contributed by atoms with Crippen molar-refractivity contribution in [2.24, 2.45) is 5.92 Å². The zero-order valence-corrected chi connectivity index (χ0v) is 18.0. The number of hydrogen-bond donors (Lipinski definition) is 0. The van der Waals surface area contributed by atoms with E-state index in [0.29, 0.717) is 5.56 Å². The van der Waals surface area contributed by atoms with E-state index in [9.17, 15) is 13.2 Å². The summed E-state index contributed by atoms with van der Waals surface area (Å²) >= 11 is 0. The topological polar surface area (TPSA) is 3.24 Å². The molecule has 0 aliphatic carbocycles. The number of aryl methyl sites for hydroxylation is 1. The smallest absolute Gasteiger partial charge is 0.299 e. The van der Waals surface area contributed by atoms with E-state index in [1.54, 1.807) is 6.07 Å². The molecule has 0 saturated heterocycles. The van der Waals surface area contributed by atoms with Crippen LogP contribution in [0.15, 0.2) is 54.6 Å². The first-order valence-corrected chi connectivity index (χ1v) is 11.0. The zero-order valence-electron chi connectivity index (χ0n) is 18.0. The van der Waals surface area contributed by atoms with Gasteiger partial charge in [0, 0.05) is 19.6 Å². The maximum Gasteiger partial charge on any atom is 0.416 e. The maximum atomic E-state index is 13.0. The van der Waals surface area contributed by atoms with Crippen LogP contribution >= 0.6 is 0 Å². The minimum absolute atomic E-state index is 0.572. The summed E-state index contributed by atoms with van der Waals surface area (Å²) in [6, 6.07) is 14.4. The molecule has 0 aromatic heterocycles. The van der Waals surface area contributed by atoms with Gasteiger partial charge in [-0.15, -0.1) is 0 Å². The Labute approximate surface area is 178 Å². The molecule has 1 nitrogen and oxygen atoms in total. The first-order chi connectivity index (χ1) is 14.4. The SMILES string of the molecule is CCC(C)CCc1ccccc1CCN1CC=C(c2cccc(C(F)(F)F)c2)CC1. The Kier molecular flexibility index (Phi) is 7.76. The molecule has 0 saturated carbocycles. The summed E-state index contributed by atoms with van der Waals surface area (Å²) in [6.07, 6.45) is 3.18. The molecule has 0 amide bonds. The highest BCUT2D eigenvalue weighted by Gasteiger charge is 2.30. The van der Waals surface area contributed by atoms with Crippen molar-refractivity contribution in [2.45, 2.75) is 52.1 Å². The van der Waals surface area contributed by atoms with E-state index in [2.05, 4.69) is 49.1 Å². The molecule has 1 unspecified atom stereocenters. The second kappa shape index (κ2) is 10.3. The third-order valence-corrected chi connectivity index (χ3v) is 6.27. The number of hydrogen-bond acceptors (Lipinski definition) is 1. The van der Waals surface area contributed by atoms with Crippen LogP contribution < -0.4 is 0 Å². The van der Waals surface area contributed by atoms with Crippen LogP contribution in [0.3, 0.4) is 0 Å². The standard InChI is InChI=1S/C26H32F3N/c1-3-20(2)11-12-21-7-4-5-8-22(21)13-16-30-17-14-23(15-18-30)24-9-6-10-25(19-24)26(27,28)29/h4-10,14,19-20H,3,11-13,15-18H2,1-2H3. The summed E-state index contributed by atoms with van der Waals surface area (Å²) in [7, 11) is 0. The highest BCUT2D eigenvalue weighted by molar-refractivity contribution is 5.67. The molecule has 1 aliphatic rings. The van der Waals surface area contributed by atoms with E-state index < -0.39 is 11.7 Å². The number of nitrogens with zero attached hydrogens (tertiary/aromatic N) is 1. The summed E-state index contributed by atoms with van der Waals surface area (Å²) in [5.41, 5.74) is 4.02. The zero-order chi connectivity index (χ0) is 21.6. The first kappa shape index (κ1) is 22.6. The molecule has 0 bridgehead atoms. The van der Waals surface area contributed by atoms with Gasteiger partial charge in [-0.25, -0.2) is 0 Å². The van der Waals surface area contributed by atoms with Gasteiger partial charge in [0.1, 0.15) is 0 Å². The van der Waals surface area contributed by atoms with Crippen LogP contribution in [0.4, 0.5) is 13.2 Å². The Morgan fingerprint density at radius 1 is 1.00 bits per heavy atom. The monoisotopic (exact) mass is 415 g/mol. The Hall–Kier alpha value is -2.07. The van der Waals surface area contributed by atoms with E-state index in [0.717, 1.165) is 56.5 Å². The van der Waals surface area contributed by atoms with Crippen LogP contribution in [-0.2, 0) is 19.0 Å². The number of rotatable bonds is 8. The molecule has 3 rings (SSSR count). The molecule has 0 fully saturated rings. The van der Waals surface area contributed by atoms with E-state index in [1.807, 2.05) is 0 Å². The molecular weight excluding hydrogens is 383 g/mol. The van der Waals surface area contributed by atoms with Gasteiger partial charge in [-0.1, -0.05) is 62.7 Å². The first-order valence-electron chi connectivity index (χ1n) is 11.0. The maximum absolute atomic E-state index is 13.0. The van der Waals surface area contributed by atoms with E-state index in [1.165, 1.54) is 36.1 Å². The lowest BCUT2D eigenvalue weighted by molar-refractivity contribution is -0.137. The van der Waals surface area contributed by atoms with E-state index in [-0.39, 0.29) is 0 Å². The van der Waals surface area contributed by atoms with Gasteiger partial charge in [0.05, 0.1) is 5.56 Å². The van der Waals surface area contributed by atoms with Gasteiger partial charge < -0.3 is 0 Å². The normalized spacial score (nSPS) is 16.4. The number of alkyl halides is 3. The van der Waals surface area contributed by atoms with Gasteiger partial charge in [0.25, 0.3) is 0 Å². The van der Waals surface area contributed by atoms with E-state index >= 15 is 0 Å². The molecule has 0 N–H and O–H groups in total.